The second-order valence-corrected chi connectivity index (χ2v) is 6.58. The lowest BCUT2D eigenvalue weighted by atomic mass is 9.85. The molecule has 0 aliphatic rings. The molecule has 2 N–H and O–H groups in total. The Morgan fingerprint density at radius 3 is 2.70 bits per heavy atom. The summed E-state index contributed by atoms with van der Waals surface area (Å²) in [6, 6.07) is 0. The second kappa shape index (κ2) is 6.82. The Bertz CT molecular complexity index is 702. The number of carbonyl (C=O) groups excluding carboxylic acids is 1. The molecule has 0 spiro atoms. The molecular weight excluding hydrogens is 316 g/mol. The average molecular weight is 334 g/mol. The molecule has 1 unspecified atom stereocenters. The minimum Gasteiger partial charge on any atom is -0.481 e. The summed E-state index contributed by atoms with van der Waals surface area (Å²) < 4.78 is 0. The molecule has 0 saturated carbocycles. The first-order valence-corrected chi connectivity index (χ1v) is 7.96. The van der Waals surface area contributed by atoms with Crippen LogP contribution in [-0.4, -0.2) is 37.5 Å². The fraction of sp³-hybridized carbons (Fsp3) is 0.400. The number of hydrogen-bond acceptors (Lipinski definition) is 6. The van der Waals surface area contributed by atoms with Gasteiger partial charge in [0.25, 0.3) is 5.91 Å². The molecule has 23 heavy (non-hydrogen) atoms. The molecule has 8 heteroatoms. The highest BCUT2D eigenvalue weighted by atomic mass is 32.1. The van der Waals surface area contributed by atoms with E-state index in [2.05, 4.69) is 20.3 Å². The number of carbonyl (C=O) groups is 2. The van der Waals surface area contributed by atoms with Gasteiger partial charge in [0.15, 0.2) is 0 Å². The number of carboxylic acid groups (broad SMARTS) is 1. The molecule has 0 saturated heterocycles. The number of amides is 1. The van der Waals surface area contributed by atoms with Crippen molar-refractivity contribution in [1.29, 1.82) is 0 Å². The summed E-state index contributed by atoms with van der Waals surface area (Å²) in [6.07, 6.45) is 4.53. The van der Waals surface area contributed by atoms with Crippen LogP contribution >= 0.6 is 11.3 Å². The molecule has 0 fully saturated rings. The van der Waals surface area contributed by atoms with Crippen molar-refractivity contribution in [2.75, 3.05) is 0 Å². The standard InChI is InChI=1S/C15H18N4O3S/c1-9(2)15(3,6-12(20)21)19-13(22)11-8-23-14(18-11)10-7-16-4-5-17-10/h4-5,7-9H,6H2,1-3H3,(H,19,22)(H,20,21). The Morgan fingerprint density at radius 1 is 1.39 bits per heavy atom. The van der Waals surface area contributed by atoms with Crippen molar-refractivity contribution in [2.45, 2.75) is 32.7 Å². The molecule has 2 aromatic heterocycles. The van der Waals surface area contributed by atoms with Crippen LogP contribution in [0.25, 0.3) is 10.7 Å². The quantitative estimate of drug-likeness (QED) is 0.839. The van der Waals surface area contributed by atoms with Crippen LogP contribution in [-0.2, 0) is 4.79 Å². The van der Waals surface area contributed by atoms with Gasteiger partial charge in [-0.15, -0.1) is 11.3 Å². The highest BCUT2D eigenvalue weighted by Gasteiger charge is 2.33. The number of aromatic nitrogens is 3. The van der Waals surface area contributed by atoms with E-state index in [0.29, 0.717) is 10.7 Å². The smallest absolute Gasteiger partial charge is 0.305 e. The van der Waals surface area contributed by atoms with Gasteiger partial charge in [0.05, 0.1) is 18.2 Å². The molecule has 0 aromatic carbocycles. The number of aliphatic carboxylic acids is 1. The first-order chi connectivity index (χ1) is 10.8. The minimum absolute atomic E-state index is 0.0411. The zero-order chi connectivity index (χ0) is 17.0. The van der Waals surface area contributed by atoms with Gasteiger partial charge in [0, 0.05) is 17.8 Å². The maximum absolute atomic E-state index is 12.4. The Hall–Kier alpha value is -2.35. The number of hydrogen-bond donors (Lipinski definition) is 2. The van der Waals surface area contributed by atoms with E-state index in [4.69, 9.17) is 5.11 Å². The third-order valence-electron chi connectivity index (χ3n) is 3.71. The highest BCUT2D eigenvalue weighted by molar-refractivity contribution is 7.13. The van der Waals surface area contributed by atoms with Crippen molar-refractivity contribution in [3.63, 3.8) is 0 Å². The molecule has 1 atom stereocenters. The average Bonchev–Trinajstić information content (AvgIpc) is 2.97. The van der Waals surface area contributed by atoms with Gasteiger partial charge in [0.2, 0.25) is 0 Å². The van der Waals surface area contributed by atoms with Gasteiger partial charge in [-0.2, -0.15) is 0 Å². The van der Waals surface area contributed by atoms with Crippen molar-refractivity contribution >= 4 is 23.2 Å². The third kappa shape index (κ3) is 4.10. The van der Waals surface area contributed by atoms with E-state index < -0.39 is 17.4 Å². The van der Waals surface area contributed by atoms with Crippen LogP contribution in [0.1, 0.15) is 37.7 Å². The van der Waals surface area contributed by atoms with Crippen molar-refractivity contribution in [1.82, 2.24) is 20.3 Å². The van der Waals surface area contributed by atoms with Crippen molar-refractivity contribution in [2.24, 2.45) is 5.92 Å². The monoisotopic (exact) mass is 334 g/mol. The summed E-state index contributed by atoms with van der Waals surface area (Å²) in [5.41, 5.74) is -0.0131. The largest absolute Gasteiger partial charge is 0.481 e. The number of thiazole rings is 1. The van der Waals surface area contributed by atoms with E-state index in [-0.39, 0.29) is 18.0 Å². The summed E-state index contributed by atoms with van der Waals surface area (Å²) in [7, 11) is 0. The van der Waals surface area contributed by atoms with Crippen LogP contribution in [0.2, 0.25) is 0 Å². The molecule has 2 heterocycles. The summed E-state index contributed by atoms with van der Waals surface area (Å²) >= 11 is 1.29. The molecule has 1 amide bonds. The van der Waals surface area contributed by atoms with Crippen molar-refractivity contribution in [3.8, 4) is 10.7 Å². The molecule has 0 aliphatic heterocycles. The van der Waals surface area contributed by atoms with Gasteiger partial charge in [-0.05, 0) is 12.8 Å². The Labute approximate surface area is 137 Å². The van der Waals surface area contributed by atoms with E-state index >= 15 is 0 Å². The Balaban J connectivity index is 2.17. The first kappa shape index (κ1) is 17.0. The van der Waals surface area contributed by atoms with Crippen LogP contribution in [0.3, 0.4) is 0 Å². The minimum atomic E-state index is -0.958. The van der Waals surface area contributed by atoms with Crippen LogP contribution in [0.5, 0.6) is 0 Å². The predicted molar refractivity (Wildman–Crippen MR) is 86.1 cm³/mol. The highest BCUT2D eigenvalue weighted by Crippen LogP contribution is 2.24. The summed E-state index contributed by atoms with van der Waals surface area (Å²) in [6.45, 7) is 5.46. The molecule has 0 aliphatic carbocycles. The molecule has 0 radical (unpaired) electrons. The predicted octanol–water partition coefficient (Wildman–Crippen LogP) is 2.22. The maximum Gasteiger partial charge on any atom is 0.305 e. The topological polar surface area (TPSA) is 105 Å². The van der Waals surface area contributed by atoms with E-state index in [1.807, 2.05) is 13.8 Å². The zero-order valence-corrected chi connectivity index (χ0v) is 13.9. The number of nitrogens with zero attached hydrogens (tertiary/aromatic N) is 3. The molecule has 7 nitrogen and oxygen atoms in total. The van der Waals surface area contributed by atoms with Crippen LogP contribution in [0.15, 0.2) is 24.0 Å². The summed E-state index contributed by atoms with van der Waals surface area (Å²) in [4.78, 5) is 35.8. The number of rotatable bonds is 6. The Kier molecular flexibility index (Phi) is 5.05. The normalized spacial score (nSPS) is 13.6. The van der Waals surface area contributed by atoms with Gasteiger partial charge in [0.1, 0.15) is 16.4 Å². The summed E-state index contributed by atoms with van der Waals surface area (Å²) in [5.74, 6) is -1.39. The summed E-state index contributed by atoms with van der Waals surface area (Å²) in [5, 5.41) is 14.1. The lowest BCUT2D eigenvalue weighted by Gasteiger charge is -2.33. The SMILES string of the molecule is CC(C)C(C)(CC(=O)O)NC(=O)c1csc(-c2cnccn2)n1. The first-order valence-electron chi connectivity index (χ1n) is 7.08. The van der Waals surface area contributed by atoms with Gasteiger partial charge in [-0.3, -0.25) is 19.6 Å². The van der Waals surface area contributed by atoms with E-state index in [0.717, 1.165) is 0 Å². The second-order valence-electron chi connectivity index (χ2n) is 5.73. The molecular formula is C15H18N4O3S. The molecule has 2 rings (SSSR count). The number of nitrogens with one attached hydrogen (secondary N) is 1. The van der Waals surface area contributed by atoms with Gasteiger partial charge in [-0.25, -0.2) is 4.98 Å². The van der Waals surface area contributed by atoms with Crippen molar-refractivity contribution in [3.05, 3.63) is 29.7 Å². The fourth-order valence-electron chi connectivity index (χ4n) is 1.94. The fourth-order valence-corrected chi connectivity index (χ4v) is 2.70. The van der Waals surface area contributed by atoms with E-state index in [9.17, 15) is 9.59 Å². The van der Waals surface area contributed by atoms with Gasteiger partial charge >= 0.3 is 5.97 Å². The Morgan fingerprint density at radius 2 is 2.13 bits per heavy atom. The zero-order valence-electron chi connectivity index (χ0n) is 13.1. The van der Waals surface area contributed by atoms with Crippen LogP contribution in [0, 0.1) is 5.92 Å². The van der Waals surface area contributed by atoms with Gasteiger partial charge < -0.3 is 10.4 Å². The lowest BCUT2D eigenvalue weighted by molar-refractivity contribution is -0.138. The maximum atomic E-state index is 12.4. The van der Waals surface area contributed by atoms with Gasteiger partial charge in [-0.1, -0.05) is 13.8 Å². The van der Waals surface area contributed by atoms with E-state index in [1.165, 1.54) is 11.3 Å². The van der Waals surface area contributed by atoms with Crippen LogP contribution < -0.4 is 5.32 Å². The molecule has 2 aromatic rings. The van der Waals surface area contributed by atoms with E-state index in [1.54, 1.807) is 30.9 Å². The molecule has 0 bridgehead atoms. The third-order valence-corrected chi connectivity index (χ3v) is 4.58. The van der Waals surface area contributed by atoms with Crippen LogP contribution in [0.4, 0.5) is 0 Å². The van der Waals surface area contributed by atoms with Crippen molar-refractivity contribution < 1.29 is 14.7 Å². The molecule has 122 valence electrons. The number of carboxylic acids is 1. The lowest BCUT2D eigenvalue weighted by Crippen LogP contribution is -2.51.